The zero-order valence-electron chi connectivity index (χ0n) is 4.63. The van der Waals surface area contributed by atoms with E-state index in [1.54, 1.807) is 11.8 Å². The zero-order chi connectivity index (χ0) is 5.98. The molecule has 0 bridgehead atoms. The maximum atomic E-state index is 10.1. The van der Waals surface area contributed by atoms with E-state index in [4.69, 9.17) is 0 Å². The van der Waals surface area contributed by atoms with Crippen LogP contribution in [0.3, 0.4) is 0 Å². The quantitative estimate of drug-likeness (QED) is 0.488. The molecule has 1 aliphatic rings. The Morgan fingerprint density at radius 1 is 2.00 bits per heavy atom. The molecule has 2 nitrogen and oxygen atoms in total. The zero-order valence-corrected chi connectivity index (χ0v) is 5.44. The summed E-state index contributed by atoms with van der Waals surface area (Å²) in [5.74, 6) is 0. The van der Waals surface area contributed by atoms with Gasteiger partial charge in [0.15, 0.2) is 0 Å². The average molecular weight is 129 g/mol. The van der Waals surface area contributed by atoms with Gasteiger partial charge in [0.25, 0.3) is 0 Å². The smallest absolute Gasteiger partial charge is 0.135 e. The maximum absolute atomic E-state index is 10.1. The van der Waals surface area contributed by atoms with Crippen LogP contribution in [0.1, 0.15) is 6.92 Å². The first-order chi connectivity index (χ1) is 3.83. The minimum atomic E-state index is 0.106. The van der Waals surface area contributed by atoms with Crippen LogP contribution >= 0.6 is 11.8 Å². The van der Waals surface area contributed by atoms with Crippen molar-refractivity contribution in [3.05, 3.63) is 0 Å². The number of aliphatic imine (C=N–C) groups is 1. The van der Waals surface area contributed by atoms with Crippen LogP contribution in [-0.2, 0) is 4.79 Å². The third kappa shape index (κ3) is 1.10. The molecule has 0 N–H and O–H groups in total. The Morgan fingerprint density at radius 2 is 2.75 bits per heavy atom. The highest BCUT2D eigenvalue weighted by molar-refractivity contribution is 8.15. The van der Waals surface area contributed by atoms with Crippen molar-refractivity contribution in [2.75, 3.05) is 6.54 Å². The van der Waals surface area contributed by atoms with Gasteiger partial charge in [-0.2, -0.15) is 0 Å². The number of aldehydes is 1. The van der Waals surface area contributed by atoms with Crippen LogP contribution in [-0.4, -0.2) is 23.1 Å². The van der Waals surface area contributed by atoms with Crippen LogP contribution in [0.25, 0.3) is 0 Å². The molecule has 0 aliphatic carbocycles. The number of hydrogen-bond acceptors (Lipinski definition) is 3. The van der Waals surface area contributed by atoms with Gasteiger partial charge in [0, 0.05) is 0 Å². The van der Waals surface area contributed by atoms with Crippen molar-refractivity contribution in [3.8, 4) is 0 Å². The molecule has 1 aliphatic heterocycles. The first-order valence-corrected chi connectivity index (χ1v) is 3.34. The molecule has 0 amide bonds. The number of nitrogens with zero attached hydrogens (tertiary/aromatic N) is 1. The minimum absolute atomic E-state index is 0.106. The van der Waals surface area contributed by atoms with E-state index in [1.165, 1.54) is 0 Å². The lowest BCUT2D eigenvalue weighted by molar-refractivity contribution is -0.107. The molecular formula is C5H7NOS. The molecule has 0 aromatic carbocycles. The normalized spacial score (nSPS) is 27.6. The van der Waals surface area contributed by atoms with E-state index in [9.17, 15) is 4.79 Å². The van der Waals surface area contributed by atoms with Crippen LogP contribution in [0.4, 0.5) is 0 Å². The van der Waals surface area contributed by atoms with Crippen LogP contribution in [0.2, 0.25) is 0 Å². The Bertz CT molecular complexity index is 132. The SMILES string of the molecule is CC1=NCC(C=O)S1. The Morgan fingerprint density at radius 3 is 3.00 bits per heavy atom. The first kappa shape index (κ1) is 5.82. The van der Waals surface area contributed by atoms with Gasteiger partial charge in [0.1, 0.15) is 6.29 Å². The number of carbonyl (C=O) groups excluding carboxylic acids is 1. The van der Waals surface area contributed by atoms with E-state index >= 15 is 0 Å². The third-order valence-corrected chi connectivity index (χ3v) is 2.00. The summed E-state index contributed by atoms with van der Waals surface area (Å²) in [7, 11) is 0. The molecule has 3 heteroatoms. The standard InChI is InChI=1S/C5H7NOS/c1-4-6-2-5(3-7)8-4/h3,5H,2H2,1H3. The summed E-state index contributed by atoms with van der Waals surface area (Å²) in [5, 5.41) is 1.14. The second-order valence-corrected chi connectivity index (χ2v) is 3.08. The molecule has 1 rings (SSSR count). The highest BCUT2D eigenvalue weighted by Gasteiger charge is 2.14. The molecule has 0 spiro atoms. The van der Waals surface area contributed by atoms with Gasteiger partial charge in [-0.1, -0.05) is 11.8 Å². The van der Waals surface area contributed by atoms with Gasteiger partial charge in [-0.05, 0) is 6.92 Å². The lowest BCUT2D eigenvalue weighted by Gasteiger charge is -1.91. The predicted molar refractivity (Wildman–Crippen MR) is 35.4 cm³/mol. The molecule has 1 heterocycles. The topological polar surface area (TPSA) is 29.4 Å². The molecule has 0 saturated heterocycles. The average Bonchev–Trinajstić information content (AvgIpc) is 2.14. The van der Waals surface area contributed by atoms with E-state index < -0.39 is 0 Å². The molecule has 1 atom stereocenters. The minimum Gasteiger partial charge on any atom is -0.302 e. The second-order valence-electron chi connectivity index (χ2n) is 1.65. The molecule has 8 heavy (non-hydrogen) atoms. The largest absolute Gasteiger partial charge is 0.302 e. The van der Waals surface area contributed by atoms with Gasteiger partial charge in [-0.15, -0.1) is 0 Å². The van der Waals surface area contributed by atoms with Gasteiger partial charge < -0.3 is 4.79 Å². The lowest BCUT2D eigenvalue weighted by Crippen LogP contribution is -2.02. The first-order valence-electron chi connectivity index (χ1n) is 2.46. The fourth-order valence-electron chi connectivity index (χ4n) is 0.583. The van der Waals surface area contributed by atoms with E-state index in [2.05, 4.69) is 4.99 Å². The predicted octanol–water partition coefficient (Wildman–Crippen LogP) is 0.719. The Kier molecular flexibility index (Phi) is 1.68. The lowest BCUT2D eigenvalue weighted by atomic mass is 10.5. The molecule has 0 radical (unpaired) electrons. The summed E-state index contributed by atoms with van der Waals surface area (Å²) < 4.78 is 0. The highest BCUT2D eigenvalue weighted by atomic mass is 32.2. The van der Waals surface area contributed by atoms with Crippen molar-refractivity contribution >= 4 is 23.1 Å². The Labute approximate surface area is 52.4 Å². The molecule has 0 fully saturated rings. The number of carbonyl (C=O) groups is 1. The van der Waals surface area contributed by atoms with Gasteiger partial charge in [-0.25, -0.2) is 0 Å². The van der Waals surface area contributed by atoms with Crippen molar-refractivity contribution in [1.82, 2.24) is 0 Å². The van der Waals surface area contributed by atoms with Gasteiger partial charge in [0.05, 0.1) is 16.8 Å². The van der Waals surface area contributed by atoms with Crippen molar-refractivity contribution in [2.45, 2.75) is 12.2 Å². The summed E-state index contributed by atoms with van der Waals surface area (Å²) in [6, 6.07) is 0. The number of rotatable bonds is 1. The molecule has 44 valence electrons. The molecule has 0 aromatic rings. The summed E-state index contributed by atoms with van der Waals surface area (Å²) >= 11 is 1.55. The van der Waals surface area contributed by atoms with E-state index in [0.717, 1.165) is 11.3 Å². The van der Waals surface area contributed by atoms with E-state index in [1.807, 2.05) is 6.92 Å². The van der Waals surface area contributed by atoms with Crippen LogP contribution < -0.4 is 0 Å². The van der Waals surface area contributed by atoms with Gasteiger partial charge in [0.2, 0.25) is 0 Å². The molecule has 1 unspecified atom stereocenters. The van der Waals surface area contributed by atoms with Crippen LogP contribution in [0.5, 0.6) is 0 Å². The summed E-state index contributed by atoms with van der Waals surface area (Å²) in [5.41, 5.74) is 0. The summed E-state index contributed by atoms with van der Waals surface area (Å²) in [6.45, 7) is 2.61. The van der Waals surface area contributed by atoms with Crippen LogP contribution in [0, 0.1) is 0 Å². The van der Waals surface area contributed by atoms with E-state index in [0.29, 0.717) is 6.54 Å². The second kappa shape index (κ2) is 2.31. The van der Waals surface area contributed by atoms with Crippen molar-refractivity contribution in [2.24, 2.45) is 4.99 Å². The number of thioether (sulfide) groups is 1. The Hall–Kier alpha value is -0.310. The van der Waals surface area contributed by atoms with E-state index in [-0.39, 0.29) is 5.25 Å². The molecule has 0 aromatic heterocycles. The number of hydrogen-bond donors (Lipinski definition) is 0. The maximum Gasteiger partial charge on any atom is 0.135 e. The fraction of sp³-hybridized carbons (Fsp3) is 0.600. The van der Waals surface area contributed by atoms with Crippen LogP contribution in [0.15, 0.2) is 4.99 Å². The summed E-state index contributed by atoms with van der Waals surface area (Å²) in [4.78, 5) is 14.1. The monoisotopic (exact) mass is 129 g/mol. The summed E-state index contributed by atoms with van der Waals surface area (Å²) in [6.07, 6.45) is 0.949. The van der Waals surface area contributed by atoms with Gasteiger partial charge in [-0.3, -0.25) is 4.99 Å². The van der Waals surface area contributed by atoms with Crippen molar-refractivity contribution in [1.29, 1.82) is 0 Å². The van der Waals surface area contributed by atoms with Crippen molar-refractivity contribution in [3.63, 3.8) is 0 Å². The third-order valence-electron chi connectivity index (χ3n) is 0.968. The molecule has 0 saturated carbocycles. The highest BCUT2D eigenvalue weighted by Crippen LogP contribution is 2.17. The van der Waals surface area contributed by atoms with Gasteiger partial charge >= 0.3 is 0 Å². The fourth-order valence-corrected chi connectivity index (χ4v) is 1.37. The van der Waals surface area contributed by atoms with Crippen molar-refractivity contribution < 1.29 is 4.79 Å². The molecular weight excluding hydrogens is 122 g/mol. The Balaban J connectivity index is 2.43.